The van der Waals surface area contributed by atoms with E-state index in [0.29, 0.717) is 30.0 Å². The van der Waals surface area contributed by atoms with Crippen LogP contribution in [0.15, 0.2) is 18.2 Å². The first-order valence-electron chi connectivity index (χ1n) is 7.12. The van der Waals surface area contributed by atoms with Gasteiger partial charge in [-0.25, -0.2) is 0 Å². The van der Waals surface area contributed by atoms with Gasteiger partial charge in [0, 0.05) is 12.0 Å². The first-order chi connectivity index (χ1) is 10.3. The fourth-order valence-corrected chi connectivity index (χ4v) is 2.73. The highest BCUT2D eigenvalue weighted by Crippen LogP contribution is 2.40. The Balaban J connectivity index is 0.00000264. The summed E-state index contributed by atoms with van der Waals surface area (Å²) in [6, 6.07) is 4.77. The van der Waals surface area contributed by atoms with Crippen LogP contribution in [-0.2, 0) is 4.79 Å². The number of rotatable bonds is 3. The van der Waals surface area contributed by atoms with E-state index in [4.69, 9.17) is 10.5 Å². The van der Waals surface area contributed by atoms with Gasteiger partial charge < -0.3 is 15.8 Å². The number of amides is 1. The SMILES string of the molecule is COc1ccc(N)c(NC(=O)C2CCCC(C(F)(F)F)C2)c1.Cl. The van der Waals surface area contributed by atoms with Gasteiger partial charge in [0.25, 0.3) is 0 Å². The lowest BCUT2D eigenvalue weighted by molar-refractivity contribution is -0.185. The first-order valence-corrected chi connectivity index (χ1v) is 7.12. The number of halogens is 4. The Morgan fingerprint density at radius 2 is 2.04 bits per heavy atom. The fraction of sp³-hybridized carbons (Fsp3) is 0.533. The van der Waals surface area contributed by atoms with Gasteiger partial charge in [-0.3, -0.25) is 4.79 Å². The summed E-state index contributed by atoms with van der Waals surface area (Å²) in [6.07, 6.45) is -3.46. The molecule has 8 heteroatoms. The topological polar surface area (TPSA) is 64.3 Å². The summed E-state index contributed by atoms with van der Waals surface area (Å²) in [6.45, 7) is 0. The molecule has 1 saturated carbocycles. The summed E-state index contributed by atoms with van der Waals surface area (Å²) < 4.78 is 43.4. The first kappa shape index (κ1) is 19.4. The van der Waals surface area contributed by atoms with E-state index in [9.17, 15) is 18.0 Å². The molecule has 3 N–H and O–H groups in total. The number of ether oxygens (including phenoxy) is 1. The molecular weight excluding hydrogens is 333 g/mol. The van der Waals surface area contributed by atoms with Crippen molar-refractivity contribution in [3.05, 3.63) is 18.2 Å². The largest absolute Gasteiger partial charge is 0.497 e. The highest BCUT2D eigenvalue weighted by atomic mass is 35.5. The zero-order valence-corrected chi connectivity index (χ0v) is 13.5. The number of nitrogens with two attached hydrogens (primary N) is 1. The number of alkyl halides is 3. The average Bonchev–Trinajstić information content (AvgIpc) is 2.48. The second-order valence-corrected chi connectivity index (χ2v) is 5.54. The van der Waals surface area contributed by atoms with Gasteiger partial charge >= 0.3 is 6.18 Å². The van der Waals surface area contributed by atoms with Crippen molar-refractivity contribution in [2.75, 3.05) is 18.2 Å². The monoisotopic (exact) mass is 352 g/mol. The molecule has 1 fully saturated rings. The minimum absolute atomic E-state index is 0. The van der Waals surface area contributed by atoms with E-state index in [1.54, 1.807) is 18.2 Å². The smallest absolute Gasteiger partial charge is 0.391 e. The lowest BCUT2D eigenvalue weighted by Gasteiger charge is -2.29. The van der Waals surface area contributed by atoms with Crippen LogP contribution in [0.25, 0.3) is 0 Å². The number of carbonyl (C=O) groups excluding carboxylic acids is 1. The van der Waals surface area contributed by atoms with Gasteiger partial charge in [0.15, 0.2) is 0 Å². The van der Waals surface area contributed by atoms with Crippen molar-refractivity contribution in [1.29, 1.82) is 0 Å². The average molecular weight is 353 g/mol. The molecule has 4 nitrogen and oxygen atoms in total. The van der Waals surface area contributed by atoms with Gasteiger partial charge in [0.05, 0.1) is 24.4 Å². The Kier molecular flexibility index (Phi) is 6.56. The molecule has 2 atom stereocenters. The molecule has 0 spiro atoms. The molecule has 0 bridgehead atoms. The Morgan fingerprint density at radius 1 is 1.35 bits per heavy atom. The zero-order chi connectivity index (χ0) is 16.3. The molecule has 1 aliphatic rings. The molecule has 0 aliphatic heterocycles. The second kappa shape index (κ2) is 7.77. The second-order valence-electron chi connectivity index (χ2n) is 5.54. The zero-order valence-electron chi connectivity index (χ0n) is 12.7. The van der Waals surface area contributed by atoms with E-state index in [1.807, 2.05) is 0 Å². The predicted molar refractivity (Wildman–Crippen MR) is 84.8 cm³/mol. The van der Waals surface area contributed by atoms with Crippen LogP contribution in [0.1, 0.15) is 25.7 Å². The number of nitrogens with one attached hydrogen (secondary N) is 1. The summed E-state index contributed by atoms with van der Waals surface area (Å²) in [4.78, 5) is 12.2. The lowest BCUT2D eigenvalue weighted by Crippen LogP contribution is -2.34. The Morgan fingerprint density at radius 3 is 2.65 bits per heavy atom. The summed E-state index contributed by atoms with van der Waals surface area (Å²) in [7, 11) is 1.48. The molecule has 0 radical (unpaired) electrons. The van der Waals surface area contributed by atoms with Crippen molar-refractivity contribution < 1.29 is 22.7 Å². The van der Waals surface area contributed by atoms with Crippen molar-refractivity contribution in [1.82, 2.24) is 0 Å². The van der Waals surface area contributed by atoms with Crippen molar-refractivity contribution in [2.45, 2.75) is 31.9 Å². The van der Waals surface area contributed by atoms with E-state index in [0.717, 1.165) is 0 Å². The lowest BCUT2D eigenvalue weighted by atomic mass is 9.80. The molecular formula is C15H20ClF3N2O2. The molecule has 2 unspecified atom stereocenters. The van der Waals surface area contributed by atoms with Gasteiger partial charge in [0.1, 0.15) is 5.75 Å². The molecule has 0 heterocycles. The predicted octanol–water partition coefficient (Wildman–Crippen LogP) is 4.01. The molecule has 1 aliphatic carbocycles. The van der Waals surface area contributed by atoms with Crippen molar-refractivity contribution in [3.8, 4) is 5.75 Å². The molecule has 23 heavy (non-hydrogen) atoms. The Bertz CT molecular complexity index is 552. The number of anilines is 2. The van der Waals surface area contributed by atoms with Crippen LogP contribution in [-0.4, -0.2) is 19.2 Å². The van der Waals surface area contributed by atoms with E-state index < -0.39 is 23.9 Å². The summed E-state index contributed by atoms with van der Waals surface area (Å²) >= 11 is 0. The molecule has 1 amide bonds. The Hall–Kier alpha value is -1.63. The minimum Gasteiger partial charge on any atom is -0.497 e. The molecule has 1 aromatic carbocycles. The van der Waals surface area contributed by atoms with Crippen LogP contribution in [0.5, 0.6) is 5.75 Å². The third kappa shape index (κ3) is 4.92. The van der Waals surface area contributed by atoms with E-state index in [1.165, 1.54) is 7.11 Å². The van der Waals surface area contributed by atoms with Crippen LogP contribution >= 0.6 is 12.4 Å². The van der Waals surface area contributed by atoms with Crippen molar-refractivity contribution >= 4 is 29.7 Å². The molecule has 2 rings (SSSR count). The maximum atomic E-state index is 12.8. The van der Waals surface area contributed by atoms with Crippen molar-refractivity contribution in [3.63, 3.8) is 0 Å². The number of carbonyl (C=O) groups is 1. The summed E-state index contributed by atoms with van der Waals surface area (Å²) in [5, 5.41) is 2.62. The maximum Gasteiger partial charge on any atom is 0.391 e. The quantitative estimate of drug-likeness (QED) is 0.808. The number of methoxy groups -OCH3 is 1. The third-order valence-electron chi connectivity index (χ3n) is 4.03. The Labute approximate surface area is 139 Å². The van der Waals surface area contributed by atoms with E-state index >= 15 is 0 Å². The molecule has 0 saturated heterocycles. The molecule has 130 valence electrons. The summed E-state index contributed by atoms with van der Waals surface area (Å²) in [5.41, 5.74) is 6.47. The normalized spacial score (nSPS) is 21.2. The van der Waals surface area contributed by atoms with Gasteiger partial charge in [-0.15, -0.1) is 12.4 Å². The summed E-state index contributed by atoms with van der Waals surface area (Å²) in [5.74, 6) is -1.96. The van der Waals surface area contributed by atoms with Crippen LogP contribution < -0.4 is 15.8 Å². The number of hydrogen-bond acceptors (Lipinski definition) is 3. The van der Waals surface area contributed by atoms with Gasteiger partial charge in [-0.05, 0) is 31.4 Å². The van der Waals surface area contributed by atoms with E-state index in [-0.39, 0.29) is 25.2 Å². The highest BCUT2D eigenvalue weighted by Gasteiger charge is 2.43. The van der Waals surface area contributed by atoms with Gasteiger partial charge in [0.2, 0.25) is 5.91 Å². The van der Waals surface area contributed by atoms with Crippen LogP contribution in [0.4, 0.5) is 24.5 Å². The number of benzene rings is 1. The van der Waals surface area contributed by atoms with Crippen LogP contribution in [0, 0.1) is 11.8 Å². The number of nitrogen functional groups attached to an aromatic ring is 1. The highest BCUT2D eigenvalue weighted by molar-refractivity contribution is 5.95. The number of hydrogen-bond donors (Lipinski definition) is 2. The minimum atomic E-state index is -4.24. The maximum absolute atomic E-state index is 12.8. The van der Waals surface area contributed by atoms with Crippen molar-refractivity contribution in [2.24, 2.45) is 11.8 Å². The van der Waals surface area contributed by atoms with E-state index in [2.05, 4.69) is 5.32 Å². The fourth-order valence-electron chi connectivity index (χ4n) is 2.73. The standard InChI is InChI=1S/C15H19F3N2O2.ClH/c1-22-11-5-6-12(19)13(8-11)20-14(21)9-3-2-4-10(7-9)15(16,17)18;/h5-6,8-10H,2-4,7,19H2,1H3,(H,20,21);1H. The van der Waals surface area contributed by atoms with Gasteiger partial charge in [-0.2, -0.15) is 13.2 Å². The van der Waals surface area contributed by atoms with Gasteiger partial charge in [-0.1, -0.05) is 6.42 Å². The molecule has 1 aromatic rings. The third-order valence-corrected chi connectivity index (χ3v) is 4.03. The van der Waals surface area contributed by atoms with Crippen LogP contribution in [0.3, 0.4) is 0 Å². The van der Waals surface area contributed by atoms with Crippen LogP contribution in [0.2, 0.25) is 0 Å². The molecule has 0 aromatic heterocycles.